The van der Waals surface area contributed by atoms with Gasteiger partial charge in [-0.15, -0.1) is 0 Å². The van der Waals surface area contributed by atoms with Crippen molar-refractivity contribution in [3.05, 3.63) is 24.3 Å². The van der Waals surface area contributed by atoms with E-state index >= 15 is 0 Å². The van der Waals surface area contributed by atoms with Gasteiger partial charge in [-0.1, -0.05) is 26.0 Å². The Labute approximate surface area is 107 Å². The number of nitrogens with zero attached hydrogens (tertiary/aromatic N) is 1. The zero-order valence-corrected chi connectivity index (χ0v) is 11.0. The maximum absolute atomic E-state index is 12.1. The standard InChI is InChI=1S/C14H19NO3/c1-9(2)12(16)8-15-11-6-4-5-7-13(11)18-10(3)14(15)17/h4-7,9-10,12,16H,8H2,1-3H3. The highest BCUT2D eigenvalue weighted by atomic mass is 16.5. The van der Waals surface area contributed by atoms with Crippen molar-refractivity contribution in [2.75, 3.05) is 11.4 Å². The van der Waals surface area contributed by atoms with Crippen molar-refractivity contribution in [1.82, 2.24) is 0 Å². The van der Waals surface area contributed by atoms with Gasteiger partial charge in [0.05, 0.1) is 18.3 Å². The van der Waals surface area contributed by atoms with E-state index in [1.54, 1.807) is 11.8 Å². The van der Waals surface area contributed by atoms with Crippen LogP contribution >= 0.6 is 0 Å². The molecule has 1 aliphatic heterocycles. The lowest BCUT2D eigenvalue weighted by atomic mass is 10.1. The molecule has 1 amide bonds. The zero-order chi connectivity index (χ0) is 13.3. The number of para-hydroxylation sites is 2. The first kappa shape index (κ1) is 12.9. The highest BCUT2D eigenvalue weighted by molar-refractivity contribution is 5.99. The first-order valence-electron chi connectivity index (χ1n) is 6.26. The summed E-state index contributed by atoms with van der Waals surface area (Å²) in [6.45, 7) is 5.91. The number of ether oxygens (including phenoxy) is 1. The molecule has 0 aliphatic carbocycles. The Morgan fingerprint density at radius 1 is 1.39 bits per heavy atom. The molecule has 0 spiro atoms. The summed E-state index contributed by atoms with van der Waals surface area (Å²) >= 11 is 0. The molecule has 1 aromatic rings. The van der Waals surface area contributed by atoms with Crippen LogP contribution < -0.4 is 9.64 Å². The molecule has 4 nitrogen and oxygen atoms in total. The van der Waals surface area contributed by atoms with Gasteiger partial charge in [0, 0.05) is 0 Å². The van der Waals surface area contributed by atoms with Crippen LogP contribution in [-0.2, 0) is 4.79 Å². The van der Waals surface area contributed by atoms with E-state index < -0.39 is 12.2 Å². The largest absolute Gasteiger partial charge is 0.479 e. The maximum Gasteiger partial charge on any atom is 0.267 e. The minimum absolute atomic E-state index is 0.103. The molecule has 2 rings (SSSR count). The van der Waals surface area contributed by atoms with Gasteiger partial charge in [-0.25, -0.2) is 0 Å². The Bertz CT molecular complexity index is 444. The van der Waals surface area contributed by atoms with Crippen LogP contribution in [0, 0.1) is 5.92 Å². The fourth-order valence-electron chi connectivity index (χ4n) is 1.95. The third-order valence-corrected chi connectivity index (χ3v) is 3.21. The lowest BCUT2D eigenvalue weighted by Gasteiger charge is -2.34. The van der Waals surface area contributed by atoms with Crippen LogP contribution in [0.1, 0.15) is 20.8 Å². The smallest absolute Gasteiger partial charge is 0.267 e. The van der Waals surface area contributed by atoms with E-state index in [0.29, 0.717) is 12.3 Å². The van der Waals surface area contributed by atoms with Crippen molar-refractivity contribution in [3.8, 4) is 5.75 Å². The minimum atomic E-state index is -0.535. The molecule has 2 unspecified atom stereocenters. The van der Waals surface area contributed by atoms with Crippen LogP contribution in [0.5, 0.6) is 5.75 Å². The summed E-state index contributed by atoms with van der Waals surface area (Å²) in [5.41, 5.74) is 0.736. The summed E-state index contributed by atoms with van der Waals surface area (Å²) in [5.74, 6) is 0.706. The Kier molecular flexibility index (Phi) is 3.57. The number of hydrogen-bond donors (Lipinski definition) is 1. The number of amides is 1. The second-order valence-electron chi connectivity index (χ2n) is 4.99. The fraction of sp³-hybridized carbons (Fsp3) is 0.500. The molecule has 1 N–H and O–H groups in total. The molecule has 0 bridgehead atoms. The predicted octanol–water partition coefficient (Wildman–Crippen LogP) is 1.82. The molecule has 98 valence electrons. The van der Waals surface area contributed by atoms with Crippen LogP contribution in [-0.4, -0.2) is 29.8 Å². The van der Waals surface area contributed by atoms with Crippen LogP contribution in [0.3, 0.4) is 0 Å². The summed E-state index contributed by atoms with van der Waals surface area (Å²) in [6.07, 6.45) is -1.04. The van der Waals surface area contributed by atoms with Gasteiger partial charge in [0.1, 0.15) is 5.75 Å². The van der Waals surface area contributed by atoms with Crippen LogP contribution in [0.25, 0.3) is 0 Å². The molecular weight excluding hydrogens is 230 g/mol. The van der Waals surface area contributed by atoms with Crippen molar-refractivity contribution < 1.29 is 14.6 Å². The van der Waals surface area contributed by atoms with Crippen LogP contribution in [0.15, 0.2) is 24.3 Å². The summed E-state index contributed by atoms with van der Waals surface area (Å²) < 4.78 is 5.54. The maximum atomic E-state index is 12.1. The van der Waals surface area contributed by atoms with E-state index in [2.05, 4.69) is 0 Å². The third-order valence-electron chi connectivity index (χ3n) is 3.21. The van der Waals surface area contributed by atoms with Crippen LogP contribution in [0.2, 0.25) is 0 Å². The van der Waals surface area contributed by atoms with E-state index in [1.807, 2.05) is 38.1 Å². The Morgan fingerprint density at radius 3 is 2.72 bits per heavy atom. The monoisotopic (exact) mass is 249 g/mol. The number of carbonyl (C=O) groups is 1. The molecule has 0 saturated carbocycles. The molecule has 0 saturated heterocycles. The quantitative estimate of drug-likeness (QED) is 0.889. The number of carbonyl (C=O) groups excluding carboxylic acids is 1. The number of aliphatic hydroxyl groups excluding tert-OH is 1. The van der Waals surface area contributed by atoms with Gasteiger partial charge in [-0.05, 0) is 25.0 Å². The highest BCUT2D eigenvalue weighted by Crippen LogP contribution is 2.33. The molecular formula is C14H19NO3. The average Bonchev–Trinajstić information content (AvgIpc) is 2.34. The number of fused-ring (bicyclic) bond motifs is 1. The van der Waals surface area contributed by atoms with Gasteiger partial charge in [0.25, 0.3) is 5.91 Å². The number of β-amino-alcohol motifs (C(OH)–C–C–N with tert-alkyl or cyclic N) is 1. The van der Waals surface area contributed by atoms with E-state index in [1.165, 1.54) is 0 Å². The summed E-state index contributed by atoms with van der Waals surface area (Å²) in [7, 11) is 0. The molecule has 0 radical (unpaired) electrons. The second-order valence-corrected chi connectivity index (χ2v) is 4.99. The Morgan fingerprint density at radius 2 is 2.06 bits per heavy atom. The Hall–Kier alpha value is -1.55. The molecule has 18 heavy (non-hydrogen) atoms. The lowest BCUT2D eigenvalue weighted by Crippen LogP contribution is -2.48. The van der Waals surface area contributed by atoms with Crippen LogP contribution in [0.4, 0.5) is 5.69 Å². The normalized spacial score (nSPS) is 20.6. The van der Waals surface area contributed by atoms with E-state index in [-0.39, 0.29) is 11.8 Å². The Balaban J connectivity index is 2.30. The molecule has 0 aromatic heterocycles. The number of rotatable bonds is 3. The van der Waals surface area contributed by atoms with Gasteiger partial charge in [0.15, 0.2) is 6.10 Å². The van der Waals surface area contributed by atoms with Crippen molar-refractivity contribution in [2.45, 2.75) is 33.0 Å². The van der Waals surface area contributed by atoms with Crippen molar-refractivity contribution in [2.24, 2.45) is 5.92 Å². The second kappa shape index (κ2) is 4.98. The van der Waals surface area contributed by atoms with Gasteiger partial charge >= 0.3 is 0 Å². The molecule has 1 heterocycles. The zero-order valence-electron chi connectivity index (χ0n) is 11.0. The first-order chi connectivity index (χ1) is 8.50. The average molecular weight is 249 g/mol. The van der Waals surface area contributed by atoms with Crippen molar-refractivity contribution in [1.29, 1.82) is 0 Å². The number of anilines is 1. The van der Waals surface area contributed by atoms with E-state index in [4.69, 9.17) is 4.74 Å². The number of hydrogen-bond acceptors (Lipinski definition) is 3. The van der Waals surface area contributed by atoms with Gasteiger partial charge in [-0.3, -0.25) is 4.79 Å². The summed E-state index contributed by atoms with van der Waals surface area (Å²) in [6, 6.07) is 7.41. The summed E-state index contributed by atoms with van der Waals surface area (Å²) in [5, 5.41) is 9.97. The lowest BCUT2D eigenvalue weighted by molar-refractivity contribution is -0.126. The van der Waals surface area contributed by atoms with Gasteiger partial charge in [0.2, 0.25) is 0 Å². The first-order valence-corrected chi connectivity index (χ1v) is 6.26. The molecule has 1 aliphatic rings. The molecule has 2 atom stereocenters. The third kappa shape index (κ3) is 2.34. The molecule has 1 aromatic carbocycles. The predicted molar refractivity (Wildman–Crippen MR) is 69.7 cm³/mol. The summed E-state index contributed by atoms with van der Waals surface area (Å²) in [4.78, 5) is 13.8. The molecule has 4 heteroatoms. The number of aliphatic hydroxyl groups is 1. The van der Waals surface area contributed by atoms with Gasteiger partial charge in [-0.2, -0.15) is 0 Å². The fourth-order valence-corrected chi connectivity index (χ4v) is 1.95. The van der Waals surface area contributed by atoms with E-state index in [9.17, 15) is 9.90 Å². The topological polar surface area (TPSA) is 49.8 Å². The van der Waals surface area contributed by atoms with E-state index in [0.717, 1.165) is 5.69 Å². The minimum Gasteiger partial charge on any atom is -0.479 e. The molecule has 0 fully saturated rings. The SMILES string of the molecule is CC1Oc2ccccc2N(CC(O)C(C)C)C1=O. The van der Waals surface area contributed by atoms with Crippen molar-refractivity contribution in [3.63, 3.8) is 0 Å². The van der Waals surface area contributed by atoms with Gasteiger partial charge < -0.3 is 14.7 Å². The highest BCUT2D eigenvalue weighted by Gasteiger charge is 2.32. The number of benzene rings is 1. The van der Waals surface area contributed by atoms with Crippen molar-refractivity contribution >= 4 is 11.6 Å².